The van der Waals surface area contributed by atoms with Gasteiger partial charge < -0.3 is 19.3 Å². The maximum atomic E-state index is 11.6. The SMILES string of the molecule is CCN(C(=O)O)c1c(OC)cc(C(=O)OC)cc1OC. The van der Waals surface area contributed by atoms with Gasteiger partial charge in [-0.15, -0.1) is 0 Å². The van der Waals surface area contributed by atoms with Crippen molar-refractivity contribution in [2.45, 2.75) is 6.92 Å². The average molecular weight is 283 g/mol. The molecule has 110 valence electrons. The van der Waals surface area contributed by atoms with Gasteiger partial charge in [0, 0.05) is 6.54 Å². The summed E-state index contributed by atoms with van der Waals surface area (Å²) in [6, 6.07) is 2.82. The Hall–Kier alpha value is -2.44. The number of hydrogen-bond donors (Lipinski definition) is 1. The van der Waals surface area contributed by atoms with E-state index >= 15 is 0 Å². The van der Waals surface area contributed by atoms with Crippen LogP contribution in [0.2, 0.25) is 0 Å². The second-order valence-electron chi connectivity index (χ2n) is 3.75. The van der Waals surface area contributed by atoms with Crippen LogP contribution in [-0.4, -0.2) is 45.0 Å². The Morgan fingerprint density at radius 1 is 1.15 bits per heavy atom. The molecule has 1 aromatic carbocycles. The number of ether oxygens (including phenoxy) is 3. The number of carboxylic acid groups (broad SMARTS) is 1. The number of carbonyl (C=O) groups is 2. The Morgan fingerprint density at radius 3 is 1.95 bits per heavy atom. The van der Waals surface area contributed by atoms with Crippen LogP contribution in [0.5, 0.6) is 11.5 Å². The van der Waals surface area contributed by atoms with Gasteiger partial charge >= 0.3 is 12.1 Å². The minimum atomic E-state index is -1.14. The lowest BCUT2D eigenvalue weighted by atomic mass is 10.1. The lowest BCUT2D eigenvalue weighted by molar-refractivity contribution is 0.0600. The molecule has 0 saturated heterocycles. The van der Waals surface area contributed by atoms with E-state index in [1.54, 1.807) is 6.92 Å². The highest BCUT2D eigenvalue weighted by atomic mass is 16.5. The smallest absolute Gasteiger partial charge is 0.412 e. The van der Waals surface area contributed by atoms with E-state index in [0.717, 1.165) is 4.90 Å². The standard InChI is InChI=1S/C13H17NO6/c1-5-14(13(16)17)11-9(18-2)6-8(12(15)20-4)7-10(11)19-3/h6-7H,5H2,1-4H3,(H,16,17). The first-order valence-electron chi connectivity index (χ1n) is 5.84. The number of anilines is 1. The maximum absolute atomic E-state index is 11.6. The molecule has 0 aliphatic carbocycles. The normalized spacial score (nSPS) is 9.80. The predicted octanol–water partition coefficient (Wildman–Crippen LogP) is 1.99. The fourth-order valence-corrected chi connectivity index (χ4v) is 1.78. The molecule has 1 rings (SSSR count). The third-order valence-electron chi connectivity index (χ3n) is 2.72. The Bertz CT molecular complexity index is 489. The molecule has 1 amide bonds. The molecule has 0 heterocycles. The molecule has 20 heavy (non-hydrogen) atoms. The molecule has 0 fully saturated rings. The van der Waals surface area contributed by atoms with Crippen molar-refractivity contribution < 1.29 is 28.9 Å². The lowest BCUT2D eigenvalue weighted by Gasteiger charge is -2.22. The van der Waals surface area contributed by atoms with E-state index in [1.807, 2.05) is 0 Å². The largest absolute Gasteiger partial charge is 0.494 e. The minimum absolute atomic E-state index is 0.208. The first-order chi connectivity index (χ1) is 9.49. The molecule has 7 heteroatoms. The predicted molar refractivity (Wildman–Crippen MR) is 71.9 cm³/mol. The van der Waals surface area contributed by atoms with Crippen LogP contribution < -0.4 is 14.4 Å². The number of nitrogens with zero attached hydrogens (tertiary/aromatic N) is 1. The van der Waals surface area contributed by atoms with Crippen molar-refractivity contribution in [1.82, 2.24) is 0 Å². The molecule has 0 bridgehead atoms. The second-order valence-corrected chi connectivity index (χ2v) is 3.75. The van der Waals surface area contributed by atoms with Gasteiger partial charge in [-0.05, 0) is 19.1 Å². The van der Waals surface area contributed by atoms with E-state index in [0.29, 0.717) is 0 Å². The average Bonchev–Trinajstić information content (AvgIpc) is 2.46. The van der Waals surface area contributed by atoms with Crippen molar-refractivity contribution in [2.75, 3.05) is 32.8 Å². The van der Waals surface area contributed by atoms with Crippen LogP contribution >= 0.6 is 0 Å². The zero-order valence-electron chi connectivity index (χ0n) is 11.8. The molecule has 0 radical (unpaired) electrons. The summed E-state index contributed by atoms with van der Waals surface area (Å²) in [4.78, 5) is 23.9. The molecule has 0 unspecified atom stereocenters. The summed E-state index contributed by atoms with van der Waals surface area (Å²) in [7, 11) is 4.02. The summed E-state index contributed by atoms with van der Waals surface area (Å²) in [5, 5.41) is 9.21. The van der Waals surface area contributed by atoms with Crippen molar-refractivity contribution in [3.63, 3.8) is 0 Å². The van der Waals surface area contributed by atoms with Crippen LogP contribution in [0.3, 0.4) is 0 Å². The fourth-order valence-electron chi connectivity index (χ4n) is 1.78. The second kappa shape index (κ2) is 6.65. The molecule has 1 aromatic rings. The van der Waals surface area contributed by atoms with Crippen LogP contribution in [-0.2, 0) is 4.74 Å². The van der Waals surface area contributed by atoms with Gasteiger partial charge in [0.1, 0.15) is 17.2 Å². The van der Waals surface area contributed by atoms with Crippen LogP contribution in [0.25, 0.3) is 0 Å². The Kier molecular flexibility index (Phi) is 5.19. The van der Waals surface area contributed by atoms with Gasteiger partial charge in [0.15, 0.2) is 0 Å². The van der Waals surface area contributed by atoms with Crippen molar-refractivity contribution in [2.24, 2.45) is 0 Å². The molecule has 0 aliphatic rings. The first-order valence-corrected chi connectivity index (χ1v) is 5.84. The van der Waals surface area contributed by atoms with E-state index in [4.69, 9.17) is 9.47 Å². The van der Waals surface area contributed by atoms with Crippen LogP contribution in [0, 0.1) is 0 Å². The fraction of sp³-hybridized carbons (Fsp3) is 0.385. The summed E-state index contributed by atoms with van der Waals surface area (Å²) in [6.07, 6.45) is -1.14. The van der Waals surface area contributed by atoms with Gasteiger partial charge in [0.25, 0.3) is 0 Å². The third-order valence-corrected chi connectivity index (χ3v) is 2.72. The van der Waals surface area contributed by atoms with E-state index < -0.39 is 12.1 Å². The molecule has 0 aromatic heterocycles. The van der Waals surface area contributed by atoms with E-state index in [1.165, 1.54) is 33.5 Å². The molecule has 0 spiro atoms. The molecule has 0 atom stereocenters. The monoisotopic (exact) mass is 283 g/mol. The number of rotatable bonds is 5. The molecule has 7 nitrogen and oxygen atoms in total. The molecule has 0 aliphatic heterocycles. The molecule has 0 saturated carbocycles. The number of hydrogen-bond acceptors (Lipinski definition) is 5. The maximum Gasteiger partial charge on any atom is 0.412 e. The van der Waals surface area contributed by atoms with Gasteiger partial charge in [-0.3, -0.25) is 4.90 Å². The van der Waals surface area contributed by atoms with Crippen molar-refractivity contribution in [3.8, 4) is 11.5 Å². The van der Waals surface area contributed by atoms with Gasteiger partial charge in [0.2, 0.25) is 0 Å². The zero-order valence-corrected chi connectivity index (χ0v) is 11.8. The summed E-state index contributed by atoms with van der Waals surface area (Å²) < 4.78 is 15.0. The van der Waals surface area contributed by atoms with Crippen molar-refractivity contribution in [1.29, 1.82) is 0 Å². The third kappa shape index (κ3) is 2.93. The lowest BCUT2D eigenvalue weighted by Crippen LogP contribution is -2.29. The summed E-state index contributed by atoms with van der Waals surface area (Å²) in [5.74, 6) is -0.130. The topological polar surface area (TPSA) is 85.3 Å². The number of benzene rings is 1. The highest BCUT2D eigenvalue weighted by Crippen LogP contribution is 2.39. The van der Waals surface area contributed by atoms with Crippen molar-refractivity contribution >= 4 is 17.7 Å². The van der Waals surface area contributed by atoms with E-state index in [9.17, 15) is 14.7 Å². The van der Waals surface area contributed by atoms with E-state index in [-0.39, 0.29) is 29.3 Å². The Morgan fingerprint density at radius 2 is 1.65 bits per heavy atom. The summed E-state index contributed by atoms with van der Waals surface area (Å²) in [6.45, 7) is 1.89. The highest BCUT2D eigenvalue weighted by molar-refractivity contribution is 5.96. The number of amides is 1. The van der Waals surface area contributed by atoms with E-state index in [2.05, 4.69) is 4.74 Å². The zero-order chi connectivity index (χ0) is 15.3. The van der Waals surface area contributed by atoms with Crippen molar-refractivity contribution in [3.05, 3.63) is 17.7 Å². The Labute approximate surface area is 116 Å². The van der Waals surface area contributed by atoms with Crippen LogP contribution in [0.1, 0.15) is 17.3 Å². The Balaban J connectivity index is 3.50. The van der Waals surface area contributed by atoms with Gasteiger partial charge in [-0.25, -0.2) is 9.59 Å². The number of methoxy groups -OCH3 is 3. The first kappa shape index (κ1) is 15.6. The summed E-state index contributed by atoms with van der Waals surface area (Å²) >= 11 is 0. The van der Waals surface area contributed by atoms with Gasteiger partial charge in [-0.2, -0.15) is 0 Å². The minimum Gasteiger partial charge on any atom is -0.494 e. The number of carbonyl (C=O) groups excluding carboxylic acids is 1. The highest BCUT2D eigenvalue weighted by Gasteiger charge is 2.24. The molecular weight excluding hydrogens is 266 g/mol. The quantitative estimate of drug-likeness (QED) is 0.832. The van der Waals surface area contributed by atoms with Gasteiger partial charge in [-0.1, -0.05) is 0 Å². The molecular formula is C13H17NO6. The van der Waals surface area contributed by atoms with Crippen LogP contribution in [0.4, 0.5) is 10.5 Å². The number of esters is 1. The summed E-state index contributed by atoms with van der Waals surface area (Å²) in [5.41, 5.74) is 0.462. The van der Waals surface area contributed by atoms with Crippen LogP contribution in [0.15, 0.2) is 12.1 Å². The van der Waals surface area contributed by atoms with Gasteiger partial charge in [0.05, 0.1) is 26.9 Å². The molecule has 1 N–H and O–H groups in total.